The summed E-state index contributed by atoms with van der Waals surface area (Å²) >= 11 is 0. The topological polar surface area (TPSA) is 38.3 Å². The highest BCUT2D eigenvalue weighted by atomic mass is 16.5. The lowest BCUT2D eigenvalue weighted by atomic mass is 10.3. The maximum absolute atomic E-state index is 11.2. The molecule has 1 saturated carbocycles. The van der Waals surface area contributed by atoms with Crippen molar-refractivity contribution < 1.29 is 9.53 Å². The van der Waals surface area contributed by atoms with Gasteiger partial charge in [-0.1, -0.05) is 13.8 Å². The predicted molar refractivity (Wildman–Crippen MR) is 58.2 cm³/mol. The fourth-order valence-corrected chi connectivity index (χ4v) is 1.39. The van der Waals surface area contributed by atoms with Gasteiger partial charge in [-0.25, -0.2) is 0 Å². The molecule has 84 valence electrons. The minimum Gasteiger partial charge on any atom is -0.461 e. The number of carbonyl (C=O) groups is 1. The maximum Gasteiger partial charge on any atom is 0.323 e. The summed E-state index contributed by atoms with van der Waals surface area (Å²) in [7, 11) is 1.76. The van der Waals surface area contributed by atoms with Crippen molar-refractivity contribution >= 4 is 5.97 Å². The zero-order valence-corrected chi connectivity index (χ0v) is 9.80. The van der Waals surface area contributed by atoms with Crippen molar-refractivity contribution in [3.63, 3.8) is 0 Å². The molecule has 1 aliphatic carbocycles. The molecule has 14 heavy (non-hydrogen) atoms. The summed E-state index contributed by atoms with van der Waals surface area (Å²) in [5.41, 5.74) is 0. The molecule has 0 bridgehead atoms. The fraction of sp³-hybridized carbons (Fsp3) is 0.909. The average molecular weight is 201 g/mol. The van der Waals surface area contributed by atoms with Gasteiger partial charge in [0.1, 0.15) is 12.1 Å². The lowest BCUT2D eigenvalue weighted by molar-refractivity contribution is -0.150. The molecule has 0 amide bonds. The SMILES string of the molecule is CC.CN[C@@H](C)C(=O)OC1CCCC1. The first-order valence-electron chi connectivity index (χ1n) is 5.62. The third-order valence-corrected chi connectivity index (χ3v) is 2.37. The van der Waals surface area contributed by atoms with Crippen molar-refractivity contribution in [2.24, 2.45) is 0 Å². The van der Waals surface area contributed by atoms with Gasteiger partial charge in [-0.3, -0.25) is 4.79 Å². The third-order valence-electron chi connectivity index (χ3n) is 2.37. The molecule has 0 aliphatic heterocycles. The number of hydrogen-bond donors (Lipinski definition) is 1. The van der Waals surface area contributed by atoms with Crippen LogP contribution in [-0.2, 0) is 9.53 Å². The van der Waals surface area contributed by atoms with E-state index in [1.54, 1.807) is 7.05 Å². The molecule has 1 aliphatic rings. The van der Waals surface area contributed by atoms with Gasteiger partial charge in [0, 0.05) is 0 Å². The summed E-state index contributed by atoms with van der Waals surface area (Å²) in [5.74, 6) is -0.121. The summed E-state index contributed by atoms with van der Waals surface area (Å²) in [6, 6.07) is -0.175. The van der Waals surface area contributed by atoms with E-state index in [-0.39, 0.29) is 18.1 Å². The third kappa shape index (κ3) is 4.61. The van der Waals surface area contributed by atoms with Crippen molar-refractivity contribution in [3.8, 4) is 0 Å². The van der Waals surface area contributed by atoms with E-state index in [0.29, 0.717) is 0 Å². The number of rotatable bonds is 3. The van der Waals surface area contributed by atoms with Gasteiger partial charge in [-0.15, -0.1) is 0 Å². The van der Waals surface area contributed by atoms with E-state index in [9.17, 15) is 4.79 Å². The first-order valence-corrected chi connectivity index (χ1v) is 5.62. The predicted octanol–water partition coefficient (Wildman–Crippen LogP) is 2.11. The van der Waals surface area contributed by atoms with E-state index in [2.05, 4.69) is 5.32 Å². The zero-order valence-electron chi connectivity index (χ0n) is 9.80. The molecule has 0 spiro atoms. The largest absolute Gasteiger partial charge is 0.461 e. The second-order valence-corrected chi connectivity index (χ2v) is 3.35. The minimum absolute atomic E-state index is 0.121. The first kappa shape index (κ1) is 13.4. The summed E-state index contributed by atoms with van der Waals surface area (Å²) in [5, 5.41) is 2.86. The van der Waals surface area contributed by atoms with Crippen LogP contribution >= 0.6 is 0 Å². The van der Waals surface area contributed by atoms with Gasteiger partial charge in [0.15, 0.2) is 0 Å². The van der Waals surface area contributed by atoms with Gasteiger partial charge < -0.3 is 10.1 Å². The standard InChI is InChI=1S/C9H17NO2.C2H6/c1-7(10-2)9(11)12-8-5-3-4-6-8;1-2/h7-8,10H,3-6H2,1-2H3;1-2H3/t7-;/m0./s1. The second-order valence-electron chi connectivity index (χ2n) is 3.35. The Labute approximate surface area is 87.2 Å². The van der Waals surface area contributed by atoms with Gasteiger partial charge >= 0.3 is 5.97 Å². The maximum atomic E-state index is 11.2. The quantitative estimate of drug-likeness (QED) is 0.711. The Hall–Kier alpha value is -0.570. The molecular formula is C11H23NO2. The number of esters is 1. The summed E-state index contributed by atoms with van der Waals surface area (Å²) in [4.78, 5) is 11.2. The van der Waals surface area contributed by atoms with E-state index >= 15 is 0 Å². The van der Waals surface area contributed by atoms with Crippen LogP contribution in [0.5, 0.6) is 0 Å². The van der Waals surface area contributed by atoms with Gasteiger partial charge in [0.05, 0.1) is 0 Å². The van der Waals surface area contributed by atoms with Crippen molar-refractivity contribution in [1.29, 1.82) is 0 Å². The normalized spacial score (nSPS) is 18.3. The van der Waals surface area contributed by atoms with E-state index in [1.807, 2.05) is 20.8 Å². The van der Waals surface area contributed by atoms with Crippen LogP contribution in [0.15, 0.2) is 0 Å². The Morgan fingerprint density at radius 2 is 1.86 bits per heavy atom. The van der Waals surface area contributed by atoms with Crippen LogP contribution in [0.2, 0.25) is 0 Å². The first-order chi connectivity index (χ1) is 6.74. The molecule has 3 nitrogen and oxygen atoms in total. The number of likely N-dealkylation sites (N-methyl/N-ethyl adjacent to an activating group) is 1. The Morgan fingerprint density at radius 1 is 1.36 bits per heavy atom. The van der Waals surface area contributed by atoms with Crippen LogP contribution < -0.4 is 5.32 Å². The van der Waals surface area contributed by atoms with Gasteiger partial charge in [-0.05, 0) is 39.7 Å². The summed E-state index contributed by atoms with van der Waals surface area (Å²) < 4.78 is 5.26. The molecule has 0 unspecified atom stereocenters. The lowest BCUT2D eigenvalue weighted by Gasteiger charge is -2.14. The van der Waals surface area contributed by atoms with Crippen LogP contribution in [0.25, 0.3) is 0 Å². The van der Waals surface area contributed by atoms with Crippen molar-refractivity contribution in [2.75, 3.05) is 7.05 Å². The highest BCUT2D eigenvalue weighted by molar-refractivity contribution is 5.75. The molecule has 1 atom stereocenters. The van der Waals surface area contributed by atoms with E-state index in [1.165, 1.54) is 12.8 Å². The lowest BCUT2D eigenvalue weighted by Crippen LogP contribution is -2.34. The molecule has 0 heterocycles. The van der Waals surface area contributed by atoms with Crippen molar-refractivity contribution in [3.05, 3.63) is 0 Å². The Kier molecular flexibility index (Phi) is 7.48. The molecule has 0 aromatic heterocycles. The Bertz CT molecular complexity index is 153. The Balaban J connectivity index is 0.000000791. The van der Waals surface area contributed by atoms with E-state index in [0.717, 1.165) is 12.8 Å². The van der Waals surface area contributed by atoms with Crippen LogP contribution in [0.3, 0.4) is 0 Å². The summed E-state index contributed by atoms with van der Waals surface area (Å²) in [6.07, 6.45) is 4.68. The smallest absolute Gasteiger partial charge is 0.323 e. The molecule has 1 rings (SSSR count). The molecule has 0 aromatic rings. The van der Waals surface area contributed by atoms with Crippen LogP contribution in [0.4, 0.5) is 0 Å². The number of nitrogens with one attached hydrogen (secondary N) is 1. The van der Waals surface area contributed by atoms with Crippen LogP contribution in [0.1, 0.15) is 46.5 Å². The van der Waals surface area contributed by atoms with Crippen molar-refractivity contribution in [1.82, 2.24) is 5.32 Å². The van der Waals surface area contributed by atoms with E-state index in [4.69, 9.17) is 4.74 Å². The van der Waals surface area contributed by atoms with Gasteiger partial charge in [0.2, 0.25) is 0 Å². The van der Waals surface area contributed by atoms with E-state index < -0.39 is 0 Å². The molecule has 0 saturated heterocycles. The number of hydrogen-bond acceptors (Lipinski definition) is 3. The molecule has 3 heteroatoms. The molecule has 0 radical (unpaired) electrons. The van der Waals surface area contributed by atoms with Crippen LogP contribution in [-0.4, -0.2) is 25.2 Å². The average Bonchev–Trinajstić information content (AvgIpc) is 2.72. The molecule has 1 fully saturated rings. The highest BCUT2D eigenvalue weighted by Crippen LogP contribution is 2.21. The number of ether oxygens (including phenoxy) is 1. The molecule has 1 N–H and O–H groups in total. The van der Waals surface area contributed by atoms with Crippen LogP contribution in [0, 0.1) is 0 Å². The van der Waals surface area contributed by atoms with Gasteiger partial charge in [-0.2, -0.15) is 0 Å². The summed E-state index contributed by atoms with van der Waals surface area (Å²) in [6.45, 7) is 5.82. The van der Waals surface area contributed by atoms with Gasteiger partial charge in [0.25, 0.3) is 0 Å². The molecular weight excluding hydrogens is 178 g/mol. The fourth-order valence-electron chi connectivity index (χ4n) is 1.39. The Morgan fingerprint density at radius 3 is 2.29 bits per heavy atom. The van der Waals surface area contributed by atoms with Crippen molar-refractivity contribution in [2.45, 2.75) is 58.6 Å². The number of carbonyl (C=O) groups excluding carboxylic acids is 1. The molecule has 0 aromatic carbocycles. The minimum atomic E-state index is -0.175. The highest BCUT2D eigenvalue weighted by Gasteiger charge is 2.21. The zero-order chi connectivity index (χ0) is 11.0. The monoisotopic (exact) mass is 201 g/mol. The second kappa shape index (κ2) is 7.80.